The Morgan fingerprint density at radius 3 is 3.00 bits per heavy atom. The molecule has 0 amide bonds. The molecule has 0 spiro atoms. The number of hydrogen-bond acceptors (Lipinski definition) is 4. The van der Waals surface area contributed by atoms with Gasteiger partial charge in [0.25, 0.3) is 0 Å². The summed E-state index contributed by atoms with van der Waals surface area (Å²) >= 11 is 2.23. The molecule has 0 aliphatic carbocycles. The predicted octanol–water partition coefficient (Wildman–Crippen LogP) is 1.87. The van der Waals surface area contributed by atoms with Crippen molar-refractivity contribution in [2.75, 3.05) is 18.4 Å². The molecule has 1 atom stereocenters. The average Bonchev–Trinajstić information content (AvgIpc) is 2.26. The Kier molecular flexibility index (Phi) is 5.85. The number of nitrogens with two attached hydrogens (primary N) is 1. The van der Waals surface area contributed by atoms with Crippen LogP contribution < -0.4 is 11.1 Å². The maximum Gasteiger partial charge on any atom is 0.142 e. The van der Waals surface area contributed by atoms with Crippen molar-refractivity contribution in [2.24, 2.45) is 11.7 Å². The van der Waals surface area contributed by atoms with E-state index in [4.69, 9.17) is 5.73 Å². The fourth-order valence-electron chi connectivity index (χ4n) is 1.37. The average molecular weight is 320 g/mol. The highest BCUT2D eigenvalue weighted by Crippen LogP contribution is 2.14. The van der Waals surface area contributed by atoms with Crippen LogP contribution in [0.15, 0.2) is 12.5 Å². The molecule has 0 aliphatic rings. The molecular weight excluding hydrogens is 303 g/mol. The lowest BCUT2D eigenvalue weighted by Gasteiger charge is -2.15. The number of hydrogen-bond donors (Lipinski definition) is 2. The Bertz CT molecular complexity index is 293. The fourth-order valence-corrected chi connectivity index (χ4v) is 1.86. The van der Waals surface area contributed by atoms with Crippen molar-refractivity contribution in [1.29, 1.82) is 0 Å². The van der Waals surface area contributed by atoms with Gasteiger partial charge in [-0.25, -0.2) is 9.97 Å². The van der Waals surface area contributed by atoms with E-state index in [1.54, 1.807) is 12.5 Å². The van der Waals surface area contributed by atoms with Gasteiger partial charge in [-0.3, -0.25) is 0 Å². The highest BCUT2D eigenvalue weighted by molar-refractivity contribution is 14.1. The SMILES string of the molecule is CCC(CCN)CNc1ncncc1I. The van der Waals surface area contributed by atoms with E-state index in [2.05, 4.69) is 44.8 Å². The van der Waals surface area contributed by atoms with Crippen LogP contribution in [0.25, 0.3) is 0 Å². The van der Waals surface area contributed by atoms with Gasteiger partial charge in [-0.2, -0.15) is 0 Å². The third kappa shape index (κ3) is 4.29. The van der Waals surface area contributed by atoms with Crippen molar-refractivity contribution >= 4 is 28.4 Å². The quantitative estimate of drug-likeness (QED) is 0.786. The predicted molar refractivity (Wildman–Crippen MR) is 70.7 cm³/mol. The summed E-state index contributed by atoms with van der Waals surface area (Å²) in [6, 6.07) is 0. The monoisotopic (exact) mass is 320 g/mol. The van der Waals surface area contributed by atoms with Crippen LogP contribution in [0, 0.1) is 9.49 Å². The summed E-state index contributed by atoms with van der Waals surface area (Å²) < 4.78 is 1.05. The van der Waals surface area contributed by atoms with E-state index in [1.807, 2.05) is 0 Å². The summed E-state index contributed by atoms with van der Waals surface area (Å²) in [7, 11) is 0. The summed E-state index contributed by atoms with van der Waals surface area (Å²) in [5, 5.41) is 3.33. The second-order valence-electron chi connectivity index (χ2n) is 3.45. The maximum absolute atomic E-state index is 5.55. The van der Waals surface area contributed by atoms with E-state index in [0.717, 1.165) is 35.3 Å². The van der Waals surface area contributed by atoms with E-state index in [0.29, 0.717) is 5.92 Å². The normalized spacial score (nSPS) is 12.5. The largest absolute Gasteiger partial charge is 0.369 e. The molecule has 4 nitrogen and oxygen atoms in total. The van der Waals surface area contributed by atoms with Gasteiger partial charge in [0, 0.05) is 12.7 Å². The molecule has 1 heterocycles. The molecule has 1 aromatic heterocycles. The zero-order valence-electron chi connectivity index (χ0n) is 8.91. The molecule has 5 heteroatoms. The molecule has 0 radical (unpaired) electrons. The summed E-state index contributed by atoms with van der Waals surface area (Å²) in [5.74, 6) is 1.54. The van der Waals surface area contributed by atoms with Crippen molar-refractivity contribution in [3.63, 3.8) is 0 Å². The Morgan fingerprint density at radius 1 is 1.60 bits per heavy atom. The van der Waals surface area contributed by atoms with E-state index in [9.17, 15) is 0 Å². The van der Waals surface area contributed by atoms with Gasteiger partial charge in [0.15, 0.2) is 0 Å². The van der Waals surface area contributed by atoms with Gasteiger partial charge >= 0.3 is 0 Å². The summed E-state index contributed by atoms with van der Waals surface area (Å²) in [6.45, 7) is 3.87. The Morgan fingerprint density at radius 2 is 2.40 bits per heavy atom. The van der Waals surface area contributed by atoms with Crippen molar-refractivity contribution in [1.82, 2.24) is 9.97 Å². The van der Waals surface area contributed by atoms with Crippen LogP contribution in [0.4, 0.5) is 5.82 Å². The fraction of sp³-hybridized carbons (Fsp3) is 0.600. The Hall–Kier alpha value is -0.430. The third-order valence-corrected chi connectivity index (χ3v) is 3.17. The van der Waals surface area contributed by atoms with Gasteiger partial charge in [-0.1, -0.05) is 13.3 Å². The second kappa shape index (κ2) is 6.95. The van der Waals surface area contributed by atoms with E-state index < -0.39 is 0 Å². The molecular formula is C10H17IN4. The molecule has 84 valence electrons. The van der Waals surface area contributed by atoms with Crippen LogP contribution in [-0.4, -0.2) is 23.1 Å². The molecule has 0 saturated heterocycles. The van der Waals surface area contributed by atoms with Crippen LogP contribution in [0.5, 0.6) is 0 Å². The first kappa shape index (κ1) is 12.6. The second-order valence-corrected chi connectivity index (χ2v) is 4.61. The Labute approximate surface area is 104 Å². The van der Waals surface area contributed by atoms with Crippen LogP contribution in [0.2, 0.25) is 0 Å². The molecule has 0 aromatic carbocycles. The van der Waals surface area contributed by atoms with Gasteiger partial charge in [0.05, 0.1) is 3.57 Å². The minimum Gasteiger partial charge on any atom is -0.369 e. The Balaban J connectivity index is 2.45. The van der Waals surface area contributed by atoms with Crippen molar-refractivity contribution in [3.8, 4) is 0 Å². The lowest BCUT2D eigenvalue weighted by atomic mass is 10.0. The number of nitrogens with zero attached hydrogens (tertiary/aromatic N) is 2. The van der Waals surface area contributed by atoms with Crippen molar-refractivity contribution in [2.45, 2.75) is 19.8 Å². The number of rotatable bonds is 6. The molecule has 3 N–H and O–H groups in total. The van der Waals surface area contributed by atoms with E-state index in [1.165, 1.54) is 0 Å². The molecule has 1 aromatic rings. The zero-order valence-corrected chi connectivity index (χ0v) is 11.1. The molecule has 1 unspecified atom stereocenters. The number of halogens is 1. The number of nitrogens with one attached hydrogen (secondary N) is 1. The van der Waals surface area contributed by atoms with Crippen LogP contribution in [0.3, 0.4) is 0 Å². The van der Waals surface area contributed by atoms with Gasteiger partial charge in [-0.05, 0) is 41.5 Å². The summed E-state index contributed by atoms with van der Waals surface area (Å²) in [5.41, 5.74) is 5.55. The first-order chi connectivity index (χ1) is 7.27. The number of aromatic nitrogens is 2. The third-order valence-electron chi connectivity index (χ3n) is 2.38. The lowest BCUT2D eigenvalue weighted by molar-refractivity contribution is 0.501. The van der Waals surface area contributed by atoms with Gasteiger partial charge in [0.1, 0.15) is 12.1 Å². The molecule has 0 bridgehead atoms. The lowest BCUT2D eigenvalue weighted by Crippen LogP contribution is -2.18. The molecule has 0 fully saturated rings. The minimum absolute atomic E-state index is 0.626. The topological polar surface area (TPSA) is 63.8 Å². The summed E-state index contributed by atoms with van der Waals surface area (Å²) in [4.78, 5) is 8.13. The highest BCUT2D eigenvalue weighted by atomic mass is 127. The van der Waals surface area contributed by atoms with Crippen molar-refractivity contribution < 1.29 is 0 Å². The van der Waals surface area contributed by atoms with Gasteiger partial charge in [0.2, 0.25) is 0 Å². The first-order valence-corrected chi connectivity index (χ1v) is 6.25. The molecule has 0 saturated carbocycles. The standard InChI is InChI=1S/C10H17IN4/c1-2-8(3-4-12)5-14-10-9(11)6-13-7-15-10/h6-8H,2-5,12H2,1H3,(H,13,14,15). The molecule has 0 aliphatic heterocycles. The number of anilines is 1. The smallest absolute Gasteiger partial charge is 0.142 e. The van der Waals surface area contributed by atoms with Crippen LogP contribution in [0.1, 0.15) is 19.8 Å². The molecule has 15 heavy (non-hydrogen) atoms. The van der Waals surface area contributed by atoms with Crippen LogP contribution >= 0.6 is 22.6 Å². The van der Waals surface area contributed by atoms with Crippen molar-refractivity contribution in [3.05, 3.63) is 16.1 Å². The minimum atomic E-state index is 0.626. The zero-order chi connectivity index (χ0) is 11.1. The first-order valence-electron chi connectivity index (χ1n) is 5.17. The van der Waals surface area contributed by atoms with Gasteiger partial charge in [-0.15, -0.1) is 0 Å². The summed E-state index contributed by atoms with van der Waals surface area (Å²) in [6.07, 6.45) is 5.57. The van der Waals surface area contributed by atoms with E-state index >= 15 is 0 Å². The maximum atomic E-state index is 5.55. The van der Waals surface area contributed by atoms with E-state index in [-0.39, 0.29) is 0 Å². The van der Waals surface area contributed by atoms with Gasteiger partial charge < -0.3 is 11.1 Å². The highest BCUT2D eigenvalue weighted by Gasteiger charge is 2.06. The molecule has 1 rings (SSSR count). The van der Waals surface area contributed by atoms with Crippen LogP contribution in [-0.2, 0) is 0 Å².